The molecule has 1 aliphatic rings. The minimum absolute atomic E-state index is 0. The van der Waals surface area contributed by atoms with Crippen LogP contribution in [0.4, 0.5) is 0 Å². The maximum Gasteiger partial charge on any atom is 0.191 e. The molecule has 0 saturated carbocycles. The van der Waals surface area contributed by atoms with Crippen LogP contribution in [0.15, 0.2) is 29.3 Å². The van der Waals surface area contributed by atoms with E-state index in [0.717, 1.165) is 63.9 Å². The zero-order valence-electron chi connectivity index (χ0n) is 20.2. The van der Waals surface area contributed by atoms with E-state index in [1.807, 2.05) is 7.05 Å². The summed E-state index contributed by atoms with van der Waals surface area (Å²) >= 11 is 0. The third-order valence-corrected chi connectivity index (χ3v) is 5.68. The topological polar surface area (TPSA) is 58.1 Å². The van der Waals surface area contributed by atoms with Gasteiger partial charge in [-0.3, -0.25) is 4.99 Å². The highest BCUT2D eigenvalue weighted by atomic mass is 127. The Labute approximate surface area is 206 Å². The monoisotopic (exact) mass is 546 g/mol. The lowest BCUT2D eigenvalue weighted by molar-refractivity contribution is 0.128. The number of methoxy groups -OCH3 is 1. The summed E-state index contributed by atoms with van der Waals surface area (Å²) in [5.74, 6) is 2.35. The van der Waals surface area contributed by atoms with Crippen LogP contribution in [0.3, 0.4) is 0 Å². The number of guanidine groups is 1. The largest absolute Gasteiger partial charge is 0.493 e. The van der Waals surface area contributed by atoms with E-state index in [4.69, 9.17) is 9.47 Å². The number of nitrogens with one attached hydrogen (secondary N) is 2. The first-order chi connectivity index (χ1) is 14.3. The lowest BCUT2D eigenvalue weighted by Crippen LogP contribution is -2.50. The van der Waals surface area contributed by atoms with Gasteiger partial charge in [0, 0.05) is 51.8 Å². The van der Waals surface area contributed by atoms with E-state index < -0.39 is 0 Å². The van der Waals surface area contributed by atoms with E-state index in [1.54, 1.807) is 7.11 Å². The highest BCUT2D eigenvalue weighted by Gasteiger charge is 2.23. The van der Waals surface area contributed by atoms with Crippen molar-refractivity contribution in [1.82, 2.24) is 15.5 Å². The molecule has 7 heteroatoms. The molecule has 1 heterocycles. The lowest BCUT2D eigenvalue weighted by Gasteiger charge is -2.33. The lowest BCUT2D eigenvalue weighted by atomic mass is 9.84. The van der Waals surface area contributed by atoms with Gasteiger partial charge in [0.15, 0.2) is 5.96 Å². The minimum Gasteiger partial charge on any atom is -0.493 e. The minimum atomic E-state index is -0.0162. The van der Waals surface area contributed by atoms with E-state index in [-0.39, 0.29) is 29.4 Å². The molecule has 2 N–H and O–H groups in total. The Morgan fingerprint density at radius 2 is 1.84 bits per heavy atom. The molecule has 1 aliphatic heterocycles. The fourth-order valence-electron chi connectivity index (χ4n) is 3.58. The average molecular weight is 547 g/mol. The van der Waals surface area contributed by atoms with Crippen LogP contribution in [0, 0.1) is 5.92 Å². The van der Waals surface area contributed by atoms with Gasteiger partial charge in [-0.15, -0.1) is 24.0 Å². The first kappa shape index (κ1) is 28.0. The number of hydrogen-bond acceptors (Lipinski definition) is 4. The van der Waals surface area contributed by atoms with Crippen molar-refractivity contribution < 1.29 is 9.47 Å². The Hall–Kier alpha value is -1.06. The van der Waals surface area contributed by atoms with Gasteiger partial charge < -0.3 is 25.0 Å². The van der Waals surface area contributed by atoms with Crippen LogP contribution in [-0.2, 0) is 10.2 Å². The summed E-state index contributed by atoms with van der Waals surface area (Å²) in [6.45, 7) is 14.4. The van der Waals surface area contributed by atoms with Crippen LogP contribution in [0.2, 0.25) is 0 Å². The van der Waals surface area contributed by atoms with E-state index in [2.05, 4.69) is 72.5 Å². The molecular formula is C24H43IN4O2. The number of ether oxygens (including phenoxy) is 2. The molecule has 1 aromatic carbocycles. The van der Waals surface area contributed by atoms with Gasteiger partial charge >= 0.3 is 0 Å². The Morgan fingerprint density at radius 1 is 1.19 bits per heavy atom. The Morgan fingerprint density at radius 3 is 2.39 bits per heavy atom. The molecule has 178 valence electrons. The summed E-state index contributed by atoms with van der Waals surface area (Å²) in [4.78, 5) is 6.91. The van der Waals surface area contributed by atoms with Gasteiger partial charge in [-0.05, 0) is 36.5 Å². The third kappa shape index (κ3) is 9.95. The summed E-state index contributed by atoms with van der Waals surface area (Å²) < 4.78 is 11.0. The van der Waals surface area contributed by atoms with E-state index >= 15 is 0 Å². The molecule has 0 atom stereocenters. The predicted molar refractivity (Wildman–Crippen MR) is 141 cm³/mol. The second-order valence-corrected chi connectivity index (χ2v) is 9.29. The normalized spacial score (nSPS) is 16.2. The van der Waals surface area contributed by atoms with Crippen molar-refractivity contribution in [3.8, 4) is 5.75 Å². The summed E-state index contributed by atoms with van der Waals surface area (Å²) in [6, 6.07) is 8.95. The molecule has 0 unspecified atom stereocenters. The van der Waals surface area contributed by atoms with Crippen molar-refractivity contribution in [2.45, 2.75) is 52.0 Å². The first-order valence-corrected chi connectivity index (χ1v) is 11.3. The average Bonchev–Trinajstić information content (AvgIpc) is 2.75. The van der Waals surface area contributed by atoms with Gasteiger partial charge in [0.25, 0.3) is 0 Å². The second kappa shape index (κ2) is 14.2. The van der Waals surface area contributed by atoms with E-state index in [0.29, 0.717) is 12.0 Å². The number of nitrogens with zero attached hydrogens (tertiary/aromatic N) is 2. The van der Waals surface area contributed by atoms with Crippen molar-refractivity contribution >= 4 is 29.9 Å². The quantitative estimate of drug-likeness (QED) is 0.265. The number of piperidine rings is 1. The Bertz CT molecular complexity index is 641. The van der Waals surface area contributed by atoms with Crippen molar-refractivity contribution in [2.75, 3.05) is 53.6 Å². The zero-order valence-corrected chi connectivity index (χ0v) is 22.6. The molecular weight excluding hydrogens is 503 g/mol. The van der Waals surface area contributed by atoms with Gasteiger partial charge in [0.1, 0.15) is 5.75 Å². The molecule has 31 heavy (non-hydrogen) atoms. The van der Waals surface area contributed by atoms with Crippen LogP contribution < -0.4 is 15.4 Å². The van der Waals surface area contributed by atoms with Gasteiger partial charge in [-0.1, -0.05) is 39.8 Å². The van der Waals surface area contributed by atoms with E-state index in [1.165, 1.54) is 5.56 Å². The molecule has 0 spiro atoms. The summed E-state index contributed by atoms with van der Waals surface area (Å²) in [5, 5.41) is 7.13. The van der Waals surface area contributed by atoms with Crippen molar-refractivity contribution in [2.24, 2.45) is 10.9 Å². The van der Waals surface area contributed by atoms with E-state index in [9.17, 15) is 0 Å². The number of rotatable bonds is 10. The van der Waals surface area contributed by atoms with Gasteiger partial charge in [0.2, 0.25) is 0 Å². The first-order valence-electron chi connectivity index (χ1n) is 11.3. The van der Waals surface area contributed by atoms with Crippen molar-refractivity contribution in [1.29, 1.82) is 0 Å². The second-order valence-electron chi connectivity index (χ2n) is 9.29. The van der Waals surface area contributed by atoms with Crippen LogP contribution in [-0.4, -0.2) is 70.5 Å². The molecule has 1 saturated heterocycles. The number of halogens is 1. The zero-order chi connectivity index (χ0) is 22.0. The SMILES string of the molecule is CN=C(NCC(C)(C)c1ccc(OCC(C)C)cc1)NC1CCN(CCOC)CC1.I. The standard InChI is InChI=1S/C24H42N4O2.HI/c1-19(2)17-30-22-9-7-20(8-10-22)24(3,4)18-26-23(25-5)27-21-11-13-28(14-12-21)15-16-29-6;/h7-10,19,21H,11-18H2,1-6H3,(H2,25,26,27);1H. The van der Waals surface area contributed by atoms with Gasteiger partial charge in [-0.2, -0.15) is 0 Å². The fraction of sp³-hybridized carbons (Fsp3) is 0.708. The molecule has 1 aromatic rings. The number of benzene rings is 1. The van der Waals surface area contributed by atoms with Crippen molar-refractivity contribution in [3.63, 3.8) is 0 Å². The molecule has 2 rings (SSSR count). The summed E-state index contributed by atoms with van der Waals surface area (Å²) in [6.07, 6.45) is 2.26. The number of likely N-dealkylation sites (tertiary alicyclic amines) is 1. The Balaban J connectivity index is 0.00000480. The third-order valence-electron chi connectivity index (χ3n) is 5.68. The van der Waals surface area contributed by atoms with Gasteiger partial charge in [-0.25, -0.2) is 0 Å². The summed E-state index contributed by atoms with van der Waals surface area (Å²) in [5.41, 5.74) is 1.27. The predicted octanol–water partition coefficient (Wildman–Crippen LogP) is 3.89. The number of aliphatic imine (C=N–C) groups is 1. The molecule has 0 aliphatic carbocycles. The Kier molecular flexibility index (Phi) is 12.8. The maximum atomic E-state index is 5.81. The molecule has 0 amide bonds. The highest BCUT2D eigenvalue weighted by Crippen LogP contribution is 2.25. The van der Waals surface area contributed by atoms with Crippen LogP contribution >= 0.6 is 24.0 Å². The van der Waals surface area contributed by atoms with Crippen LogP contribution in [0.1, 0.15) is 46.1 Å². The van der Waals surface area contributed by atoms with Crippen LogP contribution in [0.5, 0.6) is 5.75 Å². The molecule has 1 fully saturated rings. The van der Waals surface area contributed by atoms with Crippen molar-refractivity contribution in [3.05, 3.63) is 29.8 Å². The molecule has 6 nitrogen and oxygen atoms in total. The smallest absolute Gasteiger partial charge is 0.191 e. The fourth-order valence-corrected chi connectivity index (χ4v) is 3.58. The molecule has 0 bridgehead atoms. The van der Waals surface area contributed by atoms with Gasteiger partial charge in [0.05, 0.1) is 13.2 Å². The maximum absolute atomic E-state index is 5.81. The highest BCUT2D eigenvalue weighted by molar-refractivity contribution is 14.0. The summed E-state index contributed by atoms with van der Waals surface area (Å²) in [7, 11) is 3.61. The molecule has 0 radical (unpaired) electrons. The molecule has 0 aromatic heterocycles. The number of hydrogen-bond donors (Lipinski definition) is 2. The van der Waals surface area contributed by atoms with Crippen LogP contribution in [0.25, 0.3) is 0 Å².